The Morgan fingerprint density at radius 3 is 2.41 bits per heavy atom. The number of nitrogens with zero attached hydrogens (tertiary/aromatic N) is 3. The standard InChI is InChI=1S/C13H14F3N3O2S/c1-9(2)12-18-11(19-21-12)8-17-22(20,13(14,15)16)10-6-4-3-5-7-10/h3-7,9H,8H2,1-2H3. The van der Waals surface area contributed by atoms with E-state index in [1.807, 2.05) is 0 Å². The van der Waals surface area contributed by atoms with Crippen molar-refractivity contribution in [1.82, 2.24) is 10.1 Å². The number of halogens is 3. The van der Waals surface area contributed by atoms with E-state index >= 15 is 0 Å². The van der Waals surface area contributed by atoms with Gasteiger partial charge in [0.05, 0.1) is 4.90 Å². The lowest BCUT2D eigenvalue weighted by Crippen LogP contribution is -2.23. The Balaban J connectivity index is 2.40. The van der Waals surface area contributed by atoms with Crippen molar-refractivity contribution in [1.29, 1.82) is 0 Å². The van der Waals surface area contributed by atoms with Gasteiger partial charge in [-0.15, -0.1) is 0 Å². The Hall–Kier alpha value is -1.90. The summed E-state index contributed by atoms with van der Waals surface area (Å²) in [6.45, 7) is 3.07. The zero-order chi connectivity index (χ0) is 16.4. The maximum atomic E-state index is 13.2. The fraction of sp³-hybridized carbons (Fsp3) is 0.385. The second kappa shape index (κ2) is 6.07. The second-order valence-corrected chi connectivity index (χ2v) is 7.02. The lowest BCUT2D eigenvalue weighted by Gasteiger charge is -2.13. The van der Waals surface area contributed by atoms with Gasteiger partial charge < -0.3 is 4.52 Å². The van der Waals surface area contributed by atoms with Gasteiger partial charge in [0.25, 0.3) is 0 Å². The molecule has 1 aromatic heterocycles. The van der Waals surface area contributed by atoms with E-state index in [2.05, 4.69) is 14.5 Å². The molecule has 2 aromatic rings. The highest BCUT2D eigenvalue weighted by Crippen LogP contribution is 2.32. The molecule has 0 aliphatic carbocycles. The Morgan fingerprint density at radius 1 is 1.27 bits per heavy atom. The fourth-order valence-electron chi connectivity index (χ4n) is 1.60. The van der Waals surface area contributed by atoms with Crippen LogP contribution in [0.1, 0.15) is 31.5 Å². The Labute approximate surface area is 125 Å². The lowest BCUT2D eigenvalue weighted by molar-refractivity contribution is -0.0404. The lowest BCUT2D eigenvalue weighted by atomic mass is 10.2. The van der Waals surface area contributed by atoms with E-state index < -0.39 is 26.7 Å². The summed E-state index contributed by atoms with van der Waals surface area (Å²) in [5, 5.41) is 3.54. The molecule has 9 heteroatoms. The van der Waals surface area contributed by atoms with Crippen LogP contribution in [0.2, 0.25) is 0 Å². The maximum absolute atomic E-state index is 13.2. The van der Waals surface area contributed by atoms with Gasteiger partial charge in [0.2, 0.25) is 5.89 Å². The van der Waals surface area contributed by atoms with E-state index in [9.17, 15) is 17.4 Å². The van der Waals surface area contributed by atoms with Gasteiger partial charge in [-0.1, -0.05) is 37.2 Å². The third kappa shape index (κ3) is 3.29. The van der Waals surface area contributed by atoms with Crippen LogP contribution in [0, 0.1) is 0 Å². The summed E-state index contributed by atoms with van der Waals surface area (Å²) >= 11 is 0. The minimum Gasteiger partial charge on any atom is -0.339 e. The molecule has 0 aliphatic heterocycles. The molecule has 1 heterocycles. The van der Waals surface area contributed by atoms with Crippen molar-refractivity contribution in [2.45, 2.75) is 36.7 Å². The molecule has 0 saturated heterocycles. The van der Waals surface area contributed by atoms with Gasteiger partial charge in [0.15, 0.2) is 15.6 Å². The molecule has 0 N–H and O–H groups in total. The highest BCUT2D eigenvalue weighted by Gasteiger charge is 2.44. The van der Waals surface area contributed by atoms with Gasteiger partial charge in [0, 0.05) is 5.92 Å². The third-order valence-electron chi connectivity index (χ3n) is 2.74. The van der Waals surface area contributed by atoms with Crippen molar-refractivity contribution in [2.24, 2.45) is 4.36 Å². The van der Waals surface area contributed by atoms with Crippen molar-refractivity contribution in [2.75, 3.05) is 0 Å². The SMILES string of the molecule is CC(C)c1nc(CN=S(=O)(c2ccccc2)C(F)(F)F)no1. The van der Waals surface area contributed by atoms with Gasteiger partial charge in [-0.05, 0) is 12.1 Å². The zero-order valence-corrected chi connectivity index (χ0v) is 12.7. The van der Waals surface area contributed by atoms with Gasteiger partial charge in [-0.3, -0.25) is 0 Å². The number of alkyl halides is 3. The summed E-state index contributed by atoms with van der Waals surface area (Å²) in [6.07, 6.45) is 0. The molecule has 0 saturated carbocycles. The molecule has 120 valence electrons. The van der Waals surface area contributed by atoms with Crippen molar-refractivity contribution in [3.05, 3.63) is 42.0 Å². The highest BCUT2D eigenvalue weighted by atomic mass is 32.2. The molecule has 5 nitrogen and oxygen atoms in total. The summed E-state index contributed by atoms with van der Waals surface area (Å²) in [6, 6.07) is 6.56. The second-order valence-electron chi connectivity index (χ2n) is 4.78. The number of hydrogen-bond acceptors (Lipinski definition) is 5. The summed E-state index contributed by atoms with van der Waals surface area (Å²) in [5.74, 6) is 0.211. The Bertz CT molecular complexity index is 747. The van der Waals surface area contributed by atoms with E-state index in [-0.39, 0.29) is 11.7 Å². The molecule has 1 atom stereocenters. The molecule has 1 unspecified atom stereocenters. The molecule has 0 aliphatic rings. The molecular weight excluding hydrogens is 319 g/mol. The number of benzene rings is 1. The van der Waals surface area contributed by atoms with Gasteiger partial charge in [-0.2, -0.15) is 18.2 Å². The Morgan fingerprint density at radius 2 is 1.91 bits per heavy atom. The minimum absolute atomic E-state index is 0.0309. The van der Waals surface area contributed by atoms with Crippen LogP contribution in [0.3, 0.4) is 0 Å². The first-order valence-corrected chi connectivity index (χ1v) is 7.92. The number of rotatable bonds is 4. The largest absolute Gasteiger partial charge is 0.483 e. The first-order chi connectivity index (χ1) is 10.2. The summed E-state index contributed by atoms with van der Waals surface area (Å²) in [4.78, 5) is 3.53. The van der Waals surface area contributed by atoms with E-state index in [1.165, 1.54) is 18.2 Å². The van der Waals surface area contributed by atoms with Crippen LogP contribution in [-0.2, 0) is 16.3 Å². The van der Waals surface area contributed by atoms with E-state index in [0.717, 1.165) is 12.1 Å². The average molecular weight is 333 g/mol. The molecule has 0 amide bonds. The molecular formula is C13H14F3N3O2S. The minimum atomic E-state index is -4.99. The number of hydrogen-bond donors (Lipinski definition) is 0. The van der Waals surface area contributed by atoms with Gasteiger partial charge in [-0.25, -0.2) is 8.57 Å². The van der Waals surface area contributed by atoms with E-state index in [4.69, 9.17) is 4.52 Å². The first-order valence-electron chi connectivity index (χ1n) is 6.41. The predicted octanol–water partition coefficient (Wildman–Crippen LogP) is 3.74. The average Bonchev–Trinajstić information content (AvgIpc) is 2.93. The molecule has 22 heavy (non-hydrogen) atoms. The molecule has 0 radical (unpaired) electrons. The molecule has 2 rings (SSSR count). The van der Waals surface area contributed by atoms with Crippen molar-refractivity contribution >= 4 is 9.73 Å². The summed E-state index contributed by atoms with van der Waals surface area (Å²) < 4.78 is 60.2. The van der Waals surface area contributed by atoms with Crippen LogP contribution in [0.5, 0.6) is 0 Å². The molecule has 0 bridgehead atoms. The molecule has 1 aromatic carbocycles. The highest BCUT2D eigenvalue weighted by molar-refractivity contribution is 7.94. The smallest absolute Gasteiger partial charge is 0.339 e. The molecule has 0 spiro atoms. The van der Waals surface area contributed by atoms with Crippen molar-refractivity contribution in [3.8, 4) is 0 Å². The monoisotopic (exact) mass is 333 g/mol. The van der Waals surface area contributed by atoms with Gasteiger partial charge in [0.1, 0.15) is 6.54 Å². The Kier molecular flexibility index (Phi) is 4.55. The quantitative estimate of drug-likeness (QED) is 0.855. The van der Waals surface area contributed by atoms with Crippen LogP contribution in [0.15, 0.2) is 44.1 Å². The maximum Gasteiger partial charge on any atom is 0.483 e. The zero-order valence-electron chi connectivity index (χ0n) is 11.9. The van der Waals surface area contributed by atoms with E-state index in [1.54, 1.807) is 13.8 Å². The summed E-state index contributed by atoms with van der Waals surface area (Å²) in [5.41, 5.74) is -4.99. The normalized spacial score (nSPS) is 14.8. The van der Waals surface area contributed by atoms with Gasteiger partial charge >= 0.3 is 5.51 Å². The first kappa shape index (κ1) is 16.5. The van der Waals surface area contributed by atoms with Crippen LogP contribution >= 0.6 is 0 Å². The van der Waals surface area contributed by atoms with Crippen molar-refractivity contribution in [3.63, 3.8) is 0 Å². The third-order valence-corrected chi connectivity index (χ3v) is 4.77. The van der Waals surface area contributed by atoms with E-state index in [0.29, 0.717) is 5.89 Å². The topological polar surface area (TPSA) is 68.3 Å². The number of aromatic nitrogens is 2. The van der Waals surface area contributed by atoms with Crippen LogP contribution in [-0.4, -0.2) is 19.9 Å². The predicted molar refractivity (Wildman–Crippen MR) is 73.4 cm³/mol. The molecule has 0 fully saturated rings. The van der Waals surface area contributed by atoms with Crippen molar-refractivity contribution < 1.29 is 21.9 Å². The van der Waals surface area contributed by atoms with Crippen LogP contribution in [0.25, 0.3) is 0 Å². The fourth-order valence-corrected chi connectivity index (χ4v) is 2.99. The summed E-state index contributed by atoms with van der Waals surface area (Å²) in [7, 11) is -4.59. The van der Waals surface area contributed by atoms with Crippen LogP contribution in [0.4, 0.5) is 13.2 Å². The van der Waals surface area contributed by atoms with Crippen LogP contribution < -0.4 is 0 Å².